The van der Waals surface area contributed by atoms with Crippen LogP contribution in [-0.4, -0.2) is 9.55 Å². The number of hydrogen-bond donors (Lipinski definition) is 1. The van der Waals surface area contributed by atoms with Crippen molar-refractivity contribution in [1.29, 1.82) is 0 Å². The van der Waals surface area contributed by atoms with Gasteiger partial charge in [0.2, 0.25) is 0 Å². The number of nitrogens with zero attached hydrogens (tertiary/aromatic N) is 2. The van der Waals surface area contributed by atoms with Gasteiger partial charge in [0.05, 0.1) is 17.7 Å². The summed E-state index contributed by atoms with van der Waals surface area (Å²) >= 11 is 0. The number of hydrogen-bond acceptors (Lipinski definition) is 2. The van der Waals surface area contributed by atoms with Gasteiger partial charge in [-0.15, -0.1) is 0 Å². The second kappa shape index (κ2) is 4.76. The molecule has 0 amide bonds. The first-order valence-electron chi connectivity index (χ1n) is 6.46. The molecule has 0 atom stereocenters. The average molecular weight is 251 g/mol. The van der Waals surface area contributed by atoms with Crippen LogP contribution in [0.1, 0.15) is 11.4 Å². The minimum Gasteiger partial charge on any atom is -0.367 e. The Bertz CT molecular complexity index is 713. The third-order valence-electron chi connectivity index (χ3n) is 3.30. The Morgan fingerprint density at radius 3 is 2.74 bits per heavy atom. The summed E-state index contributed by atoms with van der Waals surface area (Å²) in [5.41, 5.74) is 4.61. The molecule has 0 spiro atoms. The van der Waals surface area contributed by atoms with Crippen LogP contribution in [0.2, 0.25) is 0 Å². The maximum Gasteiger partial charge on any atom is 0.108 e. The largest absolute Gasteiger partial charge is 0.367 e. The Morgan fingerprint density at radius 1 is 1.05 bits per heavy atom. The maximum absolute atomic E-state index is 4.57. The number of nitrogens with one attached hydrogen (secondary N) is 1. The molecule has 3 heteroatoms. The lowest BCUT2D eigenvalue weighted by atomic mass is 10.2. The molecule has 0 saturated carbocycles. The number of benzene rings is 2. The van der Waals surface area contributed by atoms with Gasteiger partial charge in [-0.25, -0.2) is 4.98 Å². The van der Waals surface area contributed by atoms with Gasteiger partial charge in [-0.05, 0) is 43.7 Å². The van der Waals surface area contributed by atoms with E-state index in [9.17, 15) is 0 Å². The number of para-hydroxylation sites is 2. The van der Waals surface area contributed by atoms with Crippen LogP contribution in [0.4, 0.5) is 5.69 Å². The van der Waals surface area contributed by atoms with Crippen LogP contribution in [0, 0.1) is 13.8 Å². The van der Waals surface area contributed by atoms with E-state index in [1.165, 1.54) is 11.1 Å². The predicted octanol–water partition coefficient (Wildman–Crippen LogP) is 3.72. The molecule has 3 nitrogen and oxygen atoms in total. The van der Waals surface area contributed by atoms with Crippen LogP contribution in [0.5, 0.6) is 0 Å². The molecule has 0 fully saturated rings. The zero-order chi connectivity index (χ0) is 13.2. The van der Waals surface area contributed by atoms with Gasteiger partial charge in [-0.1, -0.05) is 24.3 Å². The van der Waals surface area contributed by atoms with Gasteiger partial charge < -0.3 is 9.88 Å². The second-order valence-corrected chi connectivity index (χ2v) is 4.78. The molecule has 19 heavy (non-hydrogen) atoms. The Balaban J connectivity index is 1.87. The minimum atomic E-state index is 0.732. The lowest BCUT2D eigenvalue weighted by molar-refractivity contribution is 0.765. The second-order valence-electron chi connectivity index (χ2n) is 4.78. The van der Waals surface area contributed by atoms with E-state index in [4.69, 9.17) is 0 Å². The van der Waals surface area contributed by atoms with E-state index in [0.717, 1.165) is 23.7 Å². The lowest BCUT2D eigenvalue weighted by Crippen LogP contribution is -2.09. The molecule has 1 N–H and O–H groups in total. The van der Waals surface area contributed by atoms with Crippen molar-refractivity contribution in [3.05, 3.63) is 59.9 Å². The summed E-state index contributed by atoms with van der Waals surface area (Å²) in [5, 5.41) is 3.44. The number of imidazole rings is 1. The van der Waals surface area contributed by atoms with Crippen molar-refractivity contribution in [3.63, 3.8) is 0 Å². The molecule has 0 bridgehead atoms. The summed E-state index contributed by atoms with van der Waals surface area (Å²) in [6, 6.07) is 16.6. The van der Waals surface area contributed by atoms with Gasteiger partial charge in [0, 0.05) is 5.69 Å². The molecule has 0 saturated heterocycles. The van der Waals surface area contributed by atoms with Gasteiger partial charge in [-0.3, -0.25) is 0 Å². The average Bonchev–Trinajstić information content (AvgIpc) is 2.72. The highest BCUT2D eigenvalue weighted by atomic mass is 15.2. The molecule has 1 aromatic heterocycles. The van der Waals surface area contributed by atoms with Crippen molar-refractivity contribution in [2.24, 2.45) is 0 Å². The zero-order valence-electron chi connectivity index (χ0n) is 11.2. The third-order valence-corrected chi connectivity index (χ3v) is 3.30. The Labute approximate surface area is 112 Å². The normalized spacial score (nSPS) is 10.8. The molecule has 1 heterocycles. The summed E-state index contributed by atoms with van der Waals surface area (Å²) in [6.07, 6.45) is 0. The summed E-state index contributed by atoms with van der Waals surface area (Å²) in [5.74, 6) is 1.03. The lowest BCUT2D eigenvalue weighted by Gasteiger charge is -2.10. The number of aryl methyl sites for hydroxylation is 2. The standard InChI is InChI=1S/C16H17N3/c1-12-6-5-7-14(10-12)17-11-19-13(2)18-15-8-3-4-9-16(15)19/h3-10,17H,11H2,1-2H3. The minimum absolute atomic E-state index is 0.732. The fourth-order valence-corrected chi connectivity index (χ4v) is 2.32. The van der Waals surface area contributed by atoms with Crippen molar-refractivity contribution in [1.82, 2.24) is 9.55 Å². The molecular formula is C16H17N3. The fraction of sp³-hybridized carbons (Fsp3) is 0.188. The predicted molar refractivity (Wildman–Crippen MR) is 79.3 cm³/mol. The van der Waals surface area contributed by atoms with Crippen LogP contribution >= 0.6 is 0 Å². The molecule has 0 aliphatic rings. The summed E-state index contributed by atoms with van der Waals surface area (Å²) in [6.45, 7) is 4.87. The van der Waals surface area contributed by atoms with Gasteiger partial charge in [0.15, 0.2) is 0 Å². The van der Waals surface area contributed by atoms with Gasteiger partial charge in [0.1, 0.15) is 5.82 Å². The van der Waals surface area contributed by atoms with Crippen LogP contribution in [0.3, 0.4) is 0 Å². The number of fused-ring (bicyclic) bond motifs is 1. The monoisotopic (exact) mass is 251 g/mol. The Hall–Kier alpha value is -2.29. The van der Waals surface area contributed by atoms with E-state index < -0.39 is 0 Å². The van der Waals surface area contributed by atoms with E-state index in [2.05, 4.69) is 52.1 Å². The van der Waals surface area contributed by atoms with E-state index in [1.807, 2.05) is 25.1 Å². The third kappa shape index (κ3) is 2.32. The van der Waals surface area contributed by atoms with E-state index in [1.54, 1.807) is 0 Å². The van der Waals surface area contributed by atoms with Crippen molar-refractivity contribution in [3.8, 4) is 0 Å². The van der Waals surface area contributed by atoms with Crippen LogP contribution < -0.4 is 5.32 Å². The zero-order valence-corrected chi connectivity index (χ0v) is 11.2. The van der Waals surface area contributed by atoms with E-state index >= 15 is 0 Å². The van der Waals surface area contributed by atoms with Gasteiger partial charge in [-0.2, -0.15) is 0 Å². The van der Waals surface area contributed by atoms with Crippen molar-refractivity contribution in [2.45, 2.75) is 20.5 Å². The first-order chi connectivity index (χ1) is 9.24. The molecule has 0 unspecified atom stereocenters. The SMILES string of the molecule is Cc1cccc(NCn2c(C)nc3ccccc32)c1. The molecular weight excluding hydrogens is 234 g/mol. The fourth-order valence-electron chi connectivity index (χ4n) is 2.32. The number of aromatic nitrogens is 2. The van der Waals surface area contributed by atoms with Crippen molar-refractivity contribution in [2.75, 3.05) is 5.32 Å². The summed E-state index contributed by atoms with van der Waals surface area (Å²) in [4.78, 5) is 4.57. The molecule has 3 rings (SSSR count). The van der Waals surface area contributed by atoms with E-state index in [0.29, 0.717) is 0 Å². The summed E-state index contributed by atoms with van der Waals surface area (Å²) in [7, 11) is 0. The molecule has 2 aromatic carbocycles. The molecule has 0 aliphatic heterocycles. The maximum atomic E-state index is 4.57. The van der Waals surface area contributed by atoms with Crippen molar-refractivity contribution < 1.29 is 0 Å². The van der Waals surface area contributed by atoms with Crippen LogP contribution in [-0.2, 0) is 6.67 Å². The van der Waals surface area contributed by atoms with Crippen molar-refractivity contribution >= 4 is 16.7 Å². The highest BCUT2D eigenvalue weighted by molar-refractivity contribution is 5.75. The first kappa shape index (κ1) is 11.8. The smallest absolute Gasteiger partial charge is 0.108 e. The highest BCUT2D eigenvalue weighted by Crippen LogP contribution is 2.16. The molecule has 96 valence electrons. The summed E-state index contributed by atoms with van der Waals surface area (Å²) < 4.78 is 2.19. The van der Waals surface area contributed by atoms with Crippen LogP contribution in [0.25, 0.3) is 11.0 Å². The van der Waals surface area contributed by atoms with Gasteiger partial charge >= 0.3 is 0 Å². The topological polar surface area (TPSA) is 29.9 Å². The first-order valence-corrected chi connectivity index (χ1v) is 6.46. The molecule has 0 radical (unpaired) electrons. The Morgan fingerprint density at radius 2 is 1.89 bits per heavy atom. The highest BCUT2D eigenvalue weighted by Gasteiger charge is 2.05. The van der Waals surface area contributed by atoms with E-state index in [-0.39, 0.29) is 0 Å². The quantitative estimate of drug-likeness (QED) is 0.768. The number of anilines is 1. The molecule has 0 aliphatic carbocycles. The Kier molecular flexibility index (Phi) is 2.95. The van der Waals surface area contributed by atoms with Gasteiger partial charge in [0.25, 0.3) is 0 Å². The number of rotatable bonds is 3. The molecule has 3 aromatic rings. The van der Waals surface area contributed by atoms with Crippen LogP contribution in [0.15, 0.2) is 48.5 Å².